The molecular formula is C11H18N2S. The van der Waals surface area contributed by atoms with E-state index in [0.29, 0.717) is 6.04 Å². The zero-order valence-corrected chi connectivity index (χ0v) is 10.3. The molecular weight excluding hydrogens is 192 g/mol. The van der Waals surface area contributed by atoms with E-state index in [1.165, 1.54) is 10.5 Å². The molecule has 78 valence electrons. The fourth-order valence-corrected chi connectivity index (χ4v) is 2.18. The lowest BCUT2D eigenvalue weighted by Gasteiger charge is -2.09. The zero-order valence-electron chi connectivity index (χ0n) is 9.51. The van der Waals surface area contributed by atoms with Crippen molar-refractivity contribution in [1.29, 1.82) is 0 Å². The standard InChI is InChI=1S/C11H18N2S/c1-7(8(2)12-5)6-11-9(3)13-10(4)14-11/h6,8,12H,1-5H3/b7-6+. The molecule has 0 aliphatic heterocycles. The van der Waals surface area contributed by atoms with Crippen molar-refractivity contribution in [2.45, 2.75) is 33.7 Å². The van der Waals surface area contributed by atoms with Crippen molar-refractivity contribution in [3.05, 3.63) is 21.2 Å². The smallest absolute Gasteiger partial charge is 0.0903 e. The Morgan fingerprint density at radius 3 is 2.57 bits per heavy atom. The van der Waals surface area contributed by atoms with Crippen molar-refractivity contribution >= 4 is 17.4 Å². The highest BCUT2D eigenvalue weighted by molar-refractivity contribution is 7.12. The number of nitrogens with zero attached hydrogens (tertiary/aromatic N) is 1. The Hall–Kier alpha value is -0.670. The number of aryl methyl sites for hydroxylation is 2. The Labute approximate surface area is 90.1 Å². The summed E-state index contributed by atoms with van der Waals surface area (Å²) in [5, 5.41) is 4.36. The SMILES string of the molecule is CNC(C)/C(C)=C/c1sc(C)nc1C. The fourth-order valence-electron chi connectivity index (χ4n) is 1.24. The molecule has 0 saturated carbocycles. The fraction of sp³-hybridized carbons (Fsp3) is 0.545. The van der Waals surface area contributed by atoms with E-state index in [9.17, 15) is 0 Å². The van der Waals surface area contributed by atoms with Gasteiger partial charge in [-0.1, -0.05) is 5.57 Å². The zero-order chi connectivity index (χ0) is 10.7. The van der Waals surface area contributed by atoms with Crippen molar-refractivity contribution in [2.24, 2.45) is 0 Å². The molecule has 0 saturated heterocycles. The normalized spacial score (nSPS) is 14.5. The molecule has 0 aliphatic rings. The van der Waals surface area contributed by atoms with Gasteiger partial charge in [-0.05, 0) is 40.8 Å². The lowest BCUT2D eigenvalue weighted by Crippen LogP contribution is -2.21. The summed E-state index contributed by atoms with van der Waals surface area (Å²) in [6.07, 6.45) is 2.22. The van der Waals surface area contributed by atoms with Gasteiger partial charge in [0.1, 0.15) is 0 Å². The van der Waals surface area contributed by atoms with E-state index in [1.807, 2.05) is 14.0 Å². The molecule has 1 aromatic heterocycles. The van der Waals surface area contributed by atoms with Gasteiger partial charge in [0.25, 0.3) is 0 Å². The molecule has 0 aliphatic carbocycles. The minimum Gasteiger partial charge on any atom is -0.314 e. The maximum atomic E-state index is 4.40. The molecule has 1 unspecified atom stereocenters. The van der Waals surface area contributed by atoms with Gasteiger partial charge < -0.3 is 5.32 Å². The van der Waals surface area contributed by atoms with E-state index in [4.69, 9.17) is 0 Å². The molecule has 0 bridgehead atoms. The van der Waals surface area contributed by atoms with Gasteiger partial charge in [0, 0.05) is 6.04 Å². The Kier molecular flexibility index (Phi) is 3.84. The molecule has 0 fully saturated rings. The molecule has 2 nitrogen and oxygen atoms in total. The Balaban J connectivity index is 2.91. The quantitative estimate of drug-likeness (QED) is 0.830. The summed E-state index contributed by atoms with van der Waals surface area (Å²) >= 11 is 1.76. The third-order valence-corrected chi connectivity index (χ3v) is 3.43. The molecule has 0 radical (unpaired) electrons. The number of nitrogens with one attached hydrogen (secondary N) is 1. The van der Waals surface area contributed by atoms with Gasteiger partial charge in [-0.3, -0.25) is 0 Å². The van der Waals surface area contributed by atoms with Crippen LogP contribution in [0.1, 0.15) is 29.4 Å². The van der Waals surface area contributed by atoms with Crippen LogP contribution in [0.4, 0.5) is 0 Å². The average Bonchev–Trinajstić information content (AvgIpc) is 2.44. The van der Waals surface area contributed by atoms with Crippen LogP contribution < -0.4 is 5.32 Å². The second-order valence-electron chi connectivity index (χ2n) is 3.58. The van der Waals surface area contributed by atoms with Crippen LogP contribution in [0.25, 0.3) is 6.08 Å². The predicted molar refractivity (Wildman–Crippen MR) is 63.8 cm³/mol. The molecule has 1 aromatic rings. The summed E-state index contributed by atoms with van der Waals surface area (Å²) in [6.45, 7) is 8.42. The van der Waals surface area contributed by atoms with Crippen molar-refractivity contribution in [2.75, 3.05) is 7.05 Å². The highest BCUT2D eigenvalue weighted by Crippen LogP contribution is 2.20. The highest BCUT2D eigenvalue weighted by Gasteiger charge is 2.05. The Morgan fingerprint density at radius 1 is 1.50 bits per heavy atom. The summed E-state index contributed by atoms with van der Waals surface area (Å²) in [6, 6.07) is 0.428. The number of aromatic nitrogens is 1. The molecule has 1 heterocycles. The third kappa shape index (κ3) is 2.66. The van der Waals surface area contributed by atoms with E-state index in [0.717, 1.165) is 10.7 Å². The lowest BCUT2D eigenvalue weighted by atomic mass is 10.1. The van der Waals surface area contributed by atoms with Crippen LogP contribution in [0.5, 0.6) is 0 Å². The van der Waals surface area contributed by atoms with Gasteiger partial charge in [-0.15, -0.1) is 11.3 Å². The molecule has 1 atom stereocenters. The van der Waals surface area contributed by atoms with Crippen LogP contribution in [-0.2, 0) is 0 Å². The number of hydrogen-bond acceptors (Lipinski definition) is 3. The molecule has 14 heavy (non-hydrogen) atoms. The van der Waals surface area contributed by atoms with Gasteiger partial charge in [0.05, 0.1) is 15.6 Å². The third-order valence-electron chi connectivity index (χ3n) is 2.41. The minimum absolute atomic E-state index is 0.428. The van der Waals surface area contributed by atoms with E-state index < -0.39 is 0 Å². The molecule has 0 amide bonds. The lowest BCUT2D eigenvalue weighted by molar-refractivity contribution is 0.696. The Bertz CT molecular complexity index is 339. The monoisotopic (exact) mass is 210 g/mol. The molecule has 3 heteroatoms. The van der Waals surface area contributed by atoms with Crippen molar-refractivity contribution in [3.63, 3.8) is 0 Å². The number of rotatable bonds is 3. The first-order valence-corrected chi connectivity index (χ1v) is 5.65. The highest BCUT2D eigenvalue weighted by atomic mass is 32.1. The maximum Gasteiger partial charge on any atom is 0.0903 e. The molecule has 0 aromatic carbocycles. The summed E-state index contributed by atoms with van der Waals surface area (Å²) in [7, 11) is 1.98. The van der Waals surface area contributed by atoms with Crippen molar-refractivity contribution in [1.82, 2.24) is 10.3 Å². The van der Waals surface area contributed by atoms with Gasteiger partial charge in [0.15, 0.2) is 0 Å². The average molecular weight is 210 g/mol. The number of thiazole rings is 1. The largest absolute Gasteiger partial charge is 0.314 e. The number of likely N-dealkylation sites (N-methyl/N-ethyl adjacent to an activating group) is 1. The van der Waals surface area contributed by atoms with Crippen LogP contribution >= 0.6 is 11.3 Å². The van der Waals surface area contributed by atoms with Crippen LogP contribution in [0.2, 0.25) is 0 Å². The molecule has 1 rings (SSSR count). The number of hydrogen-bond donors (Lipinski definition) is 1. The summed E-state index contributed by atoms with van der Waals surface area (Å²) in [5.41, 5.74) is 2.48. The first kappa shape index (κ1) is 11.4. The maximum absolute atomic E-state index is 4.40. The molecule has 1 N–H and O–H groups in total. The second kappa shape index (κ2) is 4.71. The van der Waals surface area contributed by atoms with Crippen LogP contribution in [0.15, 0.2) is 5.57 Å². The first-order valence-electron chi connectivity index (χ1n) is 4.84. The second-order valence-corrected chi connectivity index (χ2v) is 4.82. The van der Waals surface area contributed by atoms with E-state index >= 15 is 0 Å². The van der Waals surface area contributed by atoms with Gasteiger partial charge in [-0.25, -0.2) is 4.98 Å². The van der Waals surface area contributed by atoms with E-state index in [-0.39, 0.29) is 0 Å². The minimum atomic E-state index is 0.428. The molecule has 0 spiro atoms. The Morgan fingerprint density at radius 2 is 2.14 bits per heavy atom. The first-order chi connectivity index (χ1) is 6.54. The summed E-state index contributed by atoms with van der Waals surface area (Å²) in [4.78, 5) is 5.68. The van der Waals surface area contributed by atoms with Crippen LogP contribution in [0.3, 0.4) is 0 Å². The van der Waals surface area contributed by atoms with E-state index in [2.05, 4.69) is 37.1 Å². The van der Waals surface area contributed by atoms with Crippen LogP contribution in [-0.4, -0.2) is 18.1 Å². The summed E-state index contributed by atoms with van der Waals surface area (Å²) < 4.78 is 0. The summed E-state index contributed by atoms with van der Waals surface area (Å²) in [5.74, 6) is 0. The topological polar surface area (TPSA) is 24.9 Å². The van der Waals surface area contributed by atoms with Crippen molar-refractivity contribution < 1.29 is 0 Å². The predicted octanol–water partition coefficient (Wildman–Crippen LogP) is 2.77. The van der Waals surface area contributed by atoms with Crippen LogP contribution in [0, 0.1) is 13.8 Å². The van der Waals surface area contributed by atoms with Gasteiger partial charge in [-0.2, -0.15) is 0 Å². The van der Waals surface area contributed by atoms with E-state index in [1.54, 1.807) is 11.3 Å². The van der Waals surface area contributed by atoms with Gasteiger partial charge >= 0.3 is 0 Å². The van der Waals surface area contributed by atoms with Crippen molar-refractivity contribution in [3.8, 4) is 0 Å². The van der Waals surface area contributed by atoms with Gasteiger partial charge in [0.2, 0.25) is 0 Å².